The smallest absolute Gasteiger partial charge is 0.238 e. The fraction of sp³-hybridized carbons (Fsp3) is 0.381. The van der Waals surface area contributed by atoms with Crippen LogP contribution in [0.1, 0.15) is 25.0 Å². The maximum absolute atomic E-state index is 13.3. The molecule has 0 aliphatic rings. The number of nitrogens with zero attached hydrogens (tertiary/aromatic N) is 1. The first kappa shape index (κ1) is 22.3. The molecule has 1 aromatic carbocycles. The monoisotopic (exact) mass is 401 g/mol. The van der Waals surface area contributed by atoms with E-state index in [2.05, 4.69) is 15.6 Å². The number of halogens is 1. The lowest BCUT2D eigenvalue weighted by Crippen LogP contribution is -2.66. The summed E-state index contributed by atoms with van der Waals surface area (Å²) in [5.74, 6) is -2.02. The van der Waals surface area contributed by atoms with Crippen molar-refractivity contribution in [3.05, 3.63) is 59.5 Å². The molecule has 1 heterocycles. The van der Waals surface area contributed by atoms with Crippen molar-refractivity contribution in [2.24, 2.45) is 17.6 Å². The Labute approximate surface area is 170 Å². The van der Waals surface area contributed by atoms with Crippen LogP contribution in [-0.4, -0.2) is 29.4 Å². The average Bonchev–Trinajstić information content (AvgIpc) is 2.68. The van der Waals surface area contributed by atoms with Gasteiger partial charge in [-0.3, -0.25) is 9.59 Å². The highest BCUT2D eigenvalue weighted by Crippen LogP contribution is 2.30. The Kier molecular flexibility index (Phi) is 7.28. The number of carbonyl (C=O) groups is 2. The number of likely N-dealkylation sites (N-methyl/N-ethyl adjacent to an activating group) is 1. The van der Waals surface area contributed by atoms with Gasteiger partial charge in [0.1, 0.15) is 17.2 Å². The summed E-state index contributed by atoms with van der Waals surface area (Å²) in [6, 6.07) is 9.25. The summed E-state index contributed by atoms with van der Waals surface area (Å²) in [4.78, 5) is 29.7. The minimum atomic E-state index is -1.28. The van der Waals surface area contributed by atoms with E-state index in [1.165, 1.54) is 12.1 Å². The number of hydrogen-bond acceptors (Lipinski definition) is 5. The Morgan fingerprint density at radius 3 is 2.24 bits per heavy atom. The summed E-state index contributed by atoms with van der Waals surface area (Å²) in [5.41, 5.74) is 11.6. The fourth-order valence-corrected chi connectivity index (χ4v) is 3.61. The number of rotatable bonds is 9. The van der Waals surface area contributed by atoms with Gasteiger partial charge in [0.05, 0.1) is 5.92 Å². The zero-order chi connectivity index (χ0) is 21.6. The van der Waals surface area contributed by atoms with Gasteiger partial charge in [-0.15, -0.1) is 0 Å². The van der Waals surface area contributed by atoms with Gasteiger partial charge in [0.15, 0.2) is 0 Å². The molecule has 0 radical (unpaired) electrons. The predicted molar refractivity (Wildman–Crippen MR) is 110 cm³/mol. The van der Waals surface area contributed by atoms with Crippen molar-refractivity contribution in [2.75, 3.05) is 12.8 Å². The van der Waals surface area contributed by atoms with Crippen molar-refractivity contribution >= 4 is 17.6 Å². The van der Waals surface area contributed by atoms with Crippen molar-refractivity contribution in [1.82, 2.24) is 15.6 Å². The van der Waals surface area contributed by atoms with Gasteiger partial charge < -0.3 is 22.1 Å². The number of nitrogen functional groups attached to an aromatic ring is 1. The van der Waals surface area contributed by atoms with E-state index in [0.717, 1.165) is 11.1 Å². The summed E-state index contributed by atoms with van der Waals surface area (Å²) < 4.78 is 13.3. The minimum Gasteiger partial charge on any atom is -0.384 e. The number of primary amides is 1. The highest BCUT2D eigenvalue weighted by Gasteiger charge is 2.49. The lowest BCUT2D eigenvalue weighted by atomic mass is 9.71. The Morgan fingerprint density at radius 2 is 1.76 bits per heavy atom. The lowest BCUT2D eigenvalue weighted by molar-refractivity contribution is -0.138. The van der Waals surface area contributed by atoms with Crippen molar-refractivity contribution in [2.45, 2.75) is 32.4 Å². The van der Waals surface area contributed by atoms with E-state index >= 15 is 0 Å². The number of nitrogens with one attached hydrogen (secondary N) is 2. The summed E-state index contributed by atoms with van der Waals surface area (Å²) >= 11 is 0. The molecule has 0 fully saturated rings. The molecular weight excluding hydrogens is 373 g/mol. The molecule has 29 heavy (non-hydrogen) atoms. The molecule has 1 unspecified atom stereocenters. The molecule has 2 rings (SSSR count). The Hall–Kier alpha value is -3.00. The molecule has 0 saturated carbocycles. The molecular formula is C21H28FN5O2. The van der Waals surface area contributed by atoms with Gasteiger partial charge in [-0.25, -0.2) is 9.37 Å². The molecule has 156 valence electrons. The standard InChI is InChI=1S/C21H28FN5O2/c1-13(2)21(25-3,20(24)29)17(10-14-4-7-16(22)8-5-14)19(28)27-12-15-6-9-18(23)26-11-15/h4-9,11,13,17,25H,10,12H2,1-3H3,(H2,23,26)(H2,24,29)(H,27,28)/t17-,21?/m1/s1. The molecule has 2 amide bonds. The molecule has 2 aromatic rings. The number of aromatic nitrogens is 1. The van der Waals surface area contributed by atoms with Crippen LogP contribution in [0, 0.1) is 17.7 Å². The van der Waals surface area contributed by atoms with Crippen LogP contribution in [0.3, 0.4) is 0 Å². The zero-order valence-electron chi connectivity index (χ0n) is 16.9. The van der Waals surface area contributed by atoms with Crippen LogP contribution in [0.25, 0.3) is 0 Å². The normalized spacial score (nSPS) is 14.2. The van der Waals surface area contributed by atoms with E-state index in [4.69, 9.17) is 11.5 Å². The topological polar surface area (TPSA) is 123 Å². The second-order valence-electron chi connectivity index (χ2n) is 7.33. The largest absolute Gasteiger partial charge is 0.384 e. The number of nitrogens with two attached hydrogens (primary N) is 2. The van der Waals surface area contributed by atoms with Crippen molar-refractivity contribution in [3.63, 3.8) is 0 Å². The SMILES string of the molecule is CNC(C(N)=O)(C(C)C)[C@H](Cc1ccc(F)cc1)C(=O)NCc1ccc(N)nc1. The Morgan fingerprint density at radius 1 is 1.14 bits per heavy atom. The number of anilines is 1. The maximum Gasteiger partial charge on any atom is 0.238 e. The summed E-state index contributed by atoms with van der Waals surface area (Å²) in [5, 5.41) is 5.85. The third kappa shape index (κ3) is 5.08. The predicted octanol–water partition coefficient (Wildman–Crippen LogP) is 1.38. The molecule has 1 aromatic heterocycles. The van der Waals surface area contributed by atoms with Crippen molar-refractivity contribution < 1.29 is 14.0 Å². The van der Waals surface area contributed by atoms with Crippen LogP contribution in [0.15, 0.2) is 42.6 Å². The highest BCUT2D eigenvalue weighted by molar-refractivity contribution is 5.93. The number of pyridine rings is 1. The van der Waals surface area contributed by atoms with Crippen LogP contribution in [0.2, 0.25) is 0 Å². The Bertz CT molecular complexity index is 839. The first-order chi connectivity index (χ1) is 13.7. The number of benzene rings is 1. The summed E-state index contributed by atoms with van der Waals surface area (Å²) in [7, 11) is 1.61. The highest BCUT2D eigenvalue weighted by atomic mass is 19.1. The van der Waals surface area contributed by atoms with E-state index in [1.807, 2.05) is 13.8 Å². The lowest BCUT2D eigenvalue weighted by Gasteiger charge is -2.40. The number of amides is 2. The second kappa shape index (κ2) is 9.47. The van der Waals surface area contributed by atoms with Crippen molar-refractivity contribution in [1.29, 1.82) is 0 Å². The van der Waals surface area contributed by atoms with Gasteiger partial charge in [0.2, 0.25) is 11.8 Å². The van der Waals surface area contributed by atoms with Crippen LogP contribution < -0.4 is 22.1 Å². The molecule has 0 saturated heterocycles. The molecule has 0 bridgehead atoms. The quantitative estimate of drug-likeness (QED) is 0.505. The van der Waals surface area contributed by atoms with Crippen molar-refractivity contribution in [3.8, 4) is 0 Å². The van der Waals surface area contributed by atoms with Crippen LogP contribution >= 0.6 is 0 Å². The third-order valence-electron chi connectivity index (χ3n) is 5.27. The van der Waals surface area contributed by atoms with E-state index in [0.29, 0.717) is 5.82 Å². The van der Waals surface area contributed by atoms with Gasteiger partial charge in [0, 0.05) is 12.7 Å². The molecule has 0 aliphatic carbocycles. The van der Waals surface area contributed by atoms with Gasteiger partial charge in [-0.05, 0) is 48.7 Å². The van der Waals surface area contributed by atoms with E-state index < -0.39 is 17.4 Å². The van der Waals surface area contributed by atoms with Gasteiger partial charge in [0.25, 0.3) is 0 Å². The molecule has 8 heteroatoms. The van der Waals surface area contributed by atoms with Crippen LogP contribution in [0.4, 0.5) is 10.2 Å². The van der Waals surface area contributed by atoms with E-state index in [9.17, 15) is 14.0 Å². The van der Waals surface area contributed by atoms with E-state index in [-0.39, 0.29) is 30.6 Å². The average molecular weight is 401 g/mol. The molecule has 6 N–H and O–H groups in total. The molecule has 2 atom stereocenters. The van der Waals surface area contributed by atoms with Gasteiger partial charge in [-0.1, -0.05) is 32.0 Å². The number of hydrogen-bond donors (Lipinski definition) is 4. The number of carbonyl (C=O) groups excluding carboxylic acids is 2. The first-order valence-corrected chi connectivity index (χ1v) is 9.42. The second-order valence-corrected chi connectivity index (χ2v) is 7.33. The van der Waals surface area contributed by atoms with Crippen LogP contribution in [0.5, 0.6) is 0 Å². The molecule has 0 aliphatic heterocycles. The summed E-state index contributed by atoms with van der Waals surface area (Å²) in [6.07, 6.45) is 1.79. The van der Waals surface area contributed by atoms with Crippen LogP contribution in [-0.2, 0) is 22.6 Å². The first-order valence-electron chi connectivity index (χ1n) is 9.42. The zero-order valence-corrected chi connectivity index (χ0v) is 16.9. The Balaban J connectivity index is 2.33. The molecule has 0 spiro atoms. The minimum absolute atomic E-state index is 0.216. The maximum atomic E-state index is 13.3. The van der Waals surface area contributed by atoms with E-state index in [1.54, 1.807) is 37.5 Å². The van der Waals surface area contributed by atoms with Gasteiger partial charge in [-0.2, -0.15) is 0 Å². The fourth-order valence-electron chi connectivity index (χ4n) is 3.61. The van der Waals surface area contributed by atoms with Gasteiger partial charge >= 0.3 is 0 Å². The molecule has 7 nitrogen and oxygen atoms in total. The summed E-state index contributed by atoms with van der Waals surface area (Å²) in [6.45, 7) is 3.88. The third-order valence-corrected chi connectivity index (χ3v) is 5.27.